The minimum Gasteiger partial charge on any atom is -0.171 e. The molecule has 19 heavy (non-hydrogen) atoms. The fourth-order valence-electron chi connectivity index (χ4n) is 1.46. The molecule has 0 heterocycles. The largest absolute Gasteiger partial charge is 0.392 e. The number of alkyl halides is 3. The summed E-state index contributed by atoms with van der Waals surface area (Å²) in [6, 6.07) is 0. The second-order valence-electron chi connectivity index (χ2n) is 4.18. The number of hydrogen-bond donors (Lipinski definition) is 0. The van der Waals surface area contributed by atoms with Crippen LogP contribution in [0.1, 0.15) is 33.6 Å². The molecule has 0 aromatic heterocycles. The molecule has 0 radical (unpaired) electrons. The van der Waals surface area contributed by atoms with Gasteiger partial charge in [-0.2, -0.15) is 13.2 Å². The first-order valence-corrected chi connectivity index (χ1v) is 6.24. The van der Waals surface area contributed by atoms with Gasteiger partial charge in [0.15, 0.2) is 0 Å². The summed E-state index contributed by atoms with van der Waals surface area (Å²) < 4.78 is 36.9. The maximum absolute atomic E-state index is 12.3. The van der Waals surface area contributed by atoms with Gasteiger partial charge in [0.1, 0.15) is 0 Å². The van der Waals surface area contributed by atoms with Crippen molar-refractivity contribution in [1.82, 2.24) is 0 Å². The van der Waals surface area contributed by atoms with Crippen molar-refractivity contribution in [2.45, 2.75) is 39.8 Å². The molecule has 0 unspecified atom stereocenters. The molecule has 0 saturated carbocycles. The van der Waals surface area contributed by atoms with Crippen LogP contribution in [0, 0.1) is 0 Å². The van der Waals surface area contributed by atoms with Crippen LogP contribution in [0.4, 0.5) is 13.2 Å². The van der Waals surface area contributed by atoms with Crippen LogP contribution in [0.15, 0.2) is 59.8 Å². The number of allylic oxidation sites excluding steroid dienone is 9. The van der Waals surface area contributed by atoms with Crippen molar-refractivity contribution >= 4 is 0 Å². The van der Waals surface area contributed by atoms with E-state index in [1.807, 2.05) is 19.1 Å². The summed E-state index contributed by atoms with van der Waals surface area (Å²) in [6.07, 6.45) is 5.93. The van der Waals surface area contributed by atoms with Crippen molar-refractivity contribution in [1.29, 1.82) is 0 Å². The Bertz CT molecular complexity index is 404. The van der Waals surface area contributed by atoms with Gasteiger partial charge < -0.3 is 0 Å². The van der Waals surface area contributed by atoms with Crippen LogP contribution in [0.2, 0.25) is 0 Å². The number of rotatable bonds is 6. The molecule has 0 bridgehead atoms. The molecule has 0 fully saturated rings. The lowest BCUT2D eigenvalue weighted by atomic mass is 9.97. The Morgan fingerprint density at radius 2 is 1.89 bits per heavy atom. The van der Waals surface area contributed by atoms with E-state index in [0.29, 0.717) is 5.57 Å². The van der Waals surface area contributed by atoms with Gasteiger partial charge >= 0.3 is 6.18 Å². The summed E-state index contributed by atoms with van der Waals surface area (Å²) in [5.41, 5.74) is 2.02. The summed E-state index contributed by atoms with van der Waals surface area (Å²) in [5, 5.41) is 0. The minimum absolute atomic E-state index is 0.549. The van der Waals surface area contributed by atoms with E-state index in [0.717, 1.165) is 17.6 Å². The predicted octanol–water partition coefficient (Wildman–Crippen LogP) is 5.91. The Morgan fingerprint density at radius 1 is 1.26 bits per heavy atom. The maximum atomic E-state index is 12.3. The van der Waals surface area contributed by atoms with Crippen molar-refractivity contribution in [2.24, 2.45) is 0 Å². The van der Waals surface area contributed by atoms with Gasteiger partial charge in [-0.15, -0.1) is 0 Å². The zero-order valence-electron chi connectivity index (χ0n) is 11.7. The molecule has 0 N–H and O–H groups in total. The highest BCUT2D eigenvalue weighted by Crippen LogP contribution is 2.25. The summed E-state index contributed by atoms with van der Waals surface area (Å²) in [5.74, 6) is 0. The number of hydrogen-bond acceptors (Lipinski definition) is 0. The van der Waals surface area contributed by atoms with Crippen LogP contribution < -0.4 is 0 Å². The molecular weight excluding hydrogens is 249 g/mol. The first-order valence-electron chi connectivity index (χ1n) is 6.24. The van der Waals surface area contributed by atoms with Gasteiger partial charge in [0.2, 0.25) is 0 Å². The fourth-order valence-corrected chi connectivity index (χ4v) is 1.46. The Kier molecular flexibility index (Phi) is 7.89. The Labute approximate surface area is 113 Å². The molecule has 0 nitrogen and oxygen atoms in total. The van der Waals surface area contributed by atoms with Gasteiger partial charge in [-0.05, 0) is 31.4 Å². The van der Waals surface area contributed by atoms with Crippen LogP contribution >= 0.6 is 0 Å². The molecule has 0 aliphatic heterocycles. The van der Waals surface area contributed by atoms with Gasteiger partial charge in [-0.1, -0.05) is 55.5 Å². The predicted molar refractivity (Wildman–Crippen MR) is 75.9 cm³/mol. The topological polar surface area (TPSA) is 0 Å². The average molecular weight is 270 g/mol. The maximum Gasteiger partial charge on any atom is 0.392 e. The monoisotopic (exact) mass is 270 g/mol. The summed E-state index contributed by atoms with van der Waals surface area (Å²) in [7, 11) is 0. The zero-order valence-corrected chi connectivity index (χ0v) is 11.7. The van der Waals surface area contributed by atoms with E-state index in [2.05, 4.69) is 6.58 Å². The average Bonchev–Trinajstić information content (AvgIpc) is 2.29. The molecule has 0 amide bonds. The summed E-state index contributed by atoms with van der Waals surface area (Å²) >= 11 is 0. The van der Waals surface area contributed by atoms with Crippen LogP contribution in [0.25, 0.3) is 0 Å². The van der Waals surface area contributed by atoms with Crippen LogP contribution in [0.3, 0.4) is 0 Å². The van der Waals surface area contributed by atoms with Gasteiger partial charge in [-0.3, -0.25) is 0 Å². The van der Waals surface area contributed by atoms with Crippen molar-refractivity contribution in [3.05, 3.63) is 59.8 Å². The molecule has 3 heteroatoms. The van der Waals surface area contributed by atoms with Gasteiger partial charge in [0.25, 0.3) is 0 Å². The van der Waals surface area contributed by atoms with E-state index >= 15 is 0 Å². The fraction of sp³-hybridized carbons (Fsp3) is 0.375. The number of halogens is 3. The van der Waals surface area contributed by atoms with Gasteiger partial charge in [0, 0.05) is 0 Å². The SMILES string of the molecule is C=C(C)C(=CC=CCC)C(C=CC)=CCC(F)(F)F. The lowest BCUT2D eigenvalue weighted by Gasteiger charge is -2.09. The van der Waals surface area contributed by atoms with E-state index in [9.17, 15) is 13.2 Å². The van der Waals surface area contributed by atoms with E-state index in [1.54, 1.807) is 32.1 Å². The van der Waals surface area contributed by atoms with Gasteiger partial charge in [-0.25, -0.2) is 0 Å². The molecular formula is C16H21F3. The molecule has 0 aromatic carbocycles. The third kappa shape index (κ3) is 8.25. The van der Waals surface area contributed by atoms with Crippen molar-refractivity contribution in [2.75, 3.05) is 0 Å². The molecule has 0 atom stereocenters. The lowest BCUT2D eigenvalue weighted by molar-refractivity contribution is -0.125. The molecule has 0 aromatic rings. The van der Waals surface area contributed by atoms with E-state index < -0.39 is 12.6 Å². The molecule has 0 aliphatic carbocycles. The Morgan fingerprint density at radius 3 is 2.32 bits per heavy atom. The Balaban J connectivity index is 5.36. The van der Waals surface area contributed by atoms with Crippen LogP contribution in [-0.4, -0.2) is 6.18 Å². The minimum atomic E-state index is -4.19. The van der Waals surface area contributed by atoms with E-state index in [-0.39, 0.29) is 0 Å². The highest BCUT2D eigenvalue weighted by molar-refractivity contribution is 5.51. The Hall–Kier alpha value is -1.51. The highest BCUT2D eigenvalue weighted by atomic mass is 19.4. The normalized spacial score (nSPS) is 14.6. The smallest absolute Gasteiger partial charge is 0.171 e. The van der Waals surface area contributed by atoms with E-state index in [1.165, 1.54) is 6.08 Å². The van der Waals surface area contributed by atoms with E-state index in [4.69, 9.17) is 0 Å². The van der Waals surface area contributed by atoms with Crippen molar-refractivity contribution in [3.63, 3.8) is 0 Å². The van der Waals surface area contributed by atoms with Gasteiger partial charge in [0.05, 0.1) is 6.42 Å². The third-order valence-electron chi connectivity index (χ3n) is 2.31. The third-order valence-corrected chi connectivity index (χ3v) is 2.31. The molecule has 0 spiro atoms. The first kappa shape index (κ1) is 17.5. The second kappa shape index (κ2) is 8.57. The summed E-state index contributed by atoms with van der Waals surface area (Å²) in [6.45, 7) is 9.39. The molecule has 0 rings (SSSR count). The standard InChI is InChI=1S/C16H21F3/c1-5-7-8-10-15(13(3)4)14(9-6-2)11-12-16(17,18)19/h6-11H,3,5,12H2,1-2,4H3. The molecule has 0 aliphatic rings. The highest BCUT2D eigenvalue weighted by Gasteiger charge is 2.25. The molecule has 0 saturated heterocycles. The van der Waals surface area contributed by atoms with Crippen molar-refractivity contribution < 1.29 is 13.2 Å². The quantitative estimate of drug-likeness (QED) is 0.526. The van der Waals surface area contributed by atoms with Crippen LogP contribution in [-0.2, 0) is 0 Å². The zero-order chi connectivity index (χ0) is 14.9. The first-order chi connectivity index (χ1) is 8.81. The lowest BCUT2D eigenvalue weighted by Crippen LogP contribution is -2.05. The second-order valence-corrected chi connectivity index (χ2v) is 4.18. The summed E-state index contributed by atoms with van der Waals surface area (Å²) in [4.78, 5) is 0. The van der Waals surface area contributed by atoms with Crippen LogP contribution in [0.5, 0.6) is 0 Å². The molecule has 106 valence electrons. The van der Waals surface area contributed by atoms with Crippen molar-refractivity contribution in [3.8, 4) is 0 Å².